The summed E-state index contributed by atoms with van der Waals surface area (Å²) in [6.45, 7) is 2.12. The summed E-state index contributed by atoms with van der Waals surface area (Å²) in [6.07, 6.45) is -4.74. The van der Waals surface area contributed by atoms with E-state index in [1.54, 1.807) is 29.2 Å². The lowest BCUT2D eigenvalue weighted by molar-refractivity contribution is -0.274. The van der Waals surface area contributed by atoms with Gasteiger partial charge >= 0.3 is 6.36 Å². The van der Waals surface area contributed by atoms with Crippen LogP contribution in [0.3, 0.4) is 0 Å². The predicted molar refractivity (Wildman–Crippen MR) is 106 cm³/mol. The highest BCUT2D eigenvalue weighted by molar-refractivity contribution is 7.22. The van der Waals surface area contributed by atoms with Gasteiger partial charge in [0, 0.05) is 37.8 Å². The monoisotopic (exact) mass is 432 g/mol. The maximum atomic E-state index is 12.6. The number of nitrogens with zero attached hydrogens (tertiary/aromatic N) is 4. The van der Waals surface area contributed by atoms with Gasteiger partial charge in [0.25, 0.3) is 5.91 Å². The van der Waals surface area contributed by atoms with Gasteiger partial charge < -0.3 is 14.5 Å². The van der Waals surface area contributed by atoms with Crippen LogP contribution < -0.4 is 9.64 Å². The first kappa shape index (κ1) is 20.0. The van der Waals surface area contributed by atoms with Gasteiger partial charge in [-0.2, -0.15) is 5.26 Å². The topological polar surface area (TPSA) is 69.5 Å². The van der Waals surface area contributed by atoms with E-state index in [1.807, 2.05) is 11.0 Å². The van der Waals surface area contributed by atoms with E-state index >= 15 is 0 Å². The zero-order valence-corrected chi connectivity index (χ0v) is 16.3. The molecule has 1 aromatic heterocycles. The molecule has 0 bridgehead atoms. The van der Waals surface area contributed by atoms with Crippen LogP contribution in [0.15, 0.2) is 42.5 Å². The Labute approximate surface area is 173 Å². The SMILES string of the molecule is N#Cc1ccc(C(=O)N2CCN(c3nc4ccc(OC(F)(F)F)cc4s3)CC2)cc1. The molecule has 4 rings (SSSR count). The number of aromatic nitrogens is 1. The van der Waals surface area contributed by atoms with E-state index in [4.69, 9.17) is 5.26 Å². The number of benzene rings is 2. The molecule has 0 saturated carbocycles. The van der Waals surface area contributed by atoms with Crippen molar-refractivity contribution in [2.24, 2.45) is 0 Å². The van der Waals surface area contributed by atoms with Crippen molar-refractivity contribution in [1.82, 2.24) is 9.88 Å². The van der Waals surface area contributed by atoms with Crippen LogP contribution in [0.2, 0.25) is 0 Å². The number of alkyl halides is 3. The van der Waals surface area contributed by atoms with E-state index in [0.29, 0.717) is 52.7 Å². The van der Waals surface area contributed by atoms with Crippen LogP contribution in [0.1, 0.15) is 15.9 Å². The van der Waals surface area contributed by atoms with Gasteiger partial charge in [-0.05, 0) is 36.4 Å². The molecule has 2 heterocycles. The molecule has 0 unspecified atom stereocenters. The Balaban J connectivity index is 1.42. The molecule has 3 aromatic rings. The van der Waals surface area contributed by atoms with Gasteiger partial charge in [-0.1, -0.05) is 11.3 Å². The number of hydrogen-bond donors (Lipinski definition) is 0. The van der Waals surface area contributed by atoms with E-state index in [2.05, 4.69) is 9.72 Å². The molecule has 1 fully saturated rings. The molecule has 30 heavy (non-hydrogen) atoms. The lowest BCUT2D eigenvalue weighted by Gasteiger charge is -2.34. The summed E-state index contributed by atoms with van der Waals surface area (Å²) in [5.74, 6) is -0.375. The molecule has 0 aliphatic carbocycles. The zero-order valence-electron chi connectivity index (χ0n) is 15.5. The third kappa shape index (κ3) is 4.31. The average molecular weight is 432 g/mol. The number of ether oxygens (including phenoxy) is 1. The number of anilines is 1. The van der Waals surface area contributed by atoms with Gasteiger partial charge in [-0.3, -0.25) is 4.79 Å². The summed E-state index contributed by atoms with van der Waals surface area (Å²) in [5, 5.41) is 9.55. The number of carbonyl (C=O) groups is 1. The smallest absolute Gasteiger partial charge is 0.406 e. The quantitative estimate of drug-likeness (QED) is 0.625. The second-order valence-electron chi connectivity index (χ2n) is 6.64. The molecule has 154 valence electrons. The molecule has 1 amide bonds. The number of amides is 1. The van der Waals surface area contributed by atoms with E-state index in [-0.39, 0.29) is 11.7 Å². The fraction of sp³-hybridized carbons (Fsp3) is 0.250. The summed E-state index contributed by atoms with van der Waals surface area (Å²) < 4.78 is 41.8. The maximum Gasteiger partial charge on any atom is 0.573 e. The lowest BCUT2D eigenvalue weighted by atomic mass is 10.1. The van der Waals surface area contributed by atoms with Crippen LogP contribution in [-0.2, 0) is 0 Å². The third-order valence-electron chi connectivity index (χ3n) is 4.68. The number of halogens is 3. The normalized spacial score (nSPS) is 14.6. The second kappa shape index (κ2) is 7.84. The Hall–Kier alpha value is -3.32. The number of nitriles is 1. The van der Waals surface area contributed by atoms with E-state index in [0.717, 1.165) is 0 Å². The number of carbonyl (C=O) groups excluding carboxylic acids is 1. The zero-order chi connectivity index (χ0) is 21.3. The van der Waals surface area contributed by atoms with Crippen molar-refractivity contribution in [3.8, 4) is 11.8 Å². The van der Waals surface area contributed by atoms with E-state index in [1.165, 1.54) is 29.5 Å². The van der Waals surface area contributed by atoms with Crippen LogP contribution in [0.4, 0.5) is 18.3 Å². The second-order valence-corrected chi connectivity index (χ2v) is 7.65. The van der Waals surface area contributed by atoms with Gasteiger partial charge in [0.2, 0.25) is 0 Å². The molecule has 0 spiro atoms. The highest BCUT2D eigenvalue weighted by atomic mass is 32.1. The number of hydrogen-bond acceptors (Lipinski definition) is 6. The summed E-state index contributed by atoms with van der Waals surface area (Å²) >= 11 is 1.29. The largest absolute Gasteiger partial charge is 0.573 e. The standard InChI is InChI=1S/C20H15F3N4O2S/c21-20(22,23)29-15-5-6-16-17(11-15)30-19(25-16)27-9-7-26(8-10-27)18(28)14-3-1-13(12-24)2-4-14/h1-6,11H,7-10H2. The molecule has 1 saturated heterocycles. The van der Waals surface area contributed by atoms with Crippen molar-refractivity contribution in [2.75, 3.05) is 31.1 Å². The minimum Gasteiger partial charge on any atom is -0.406 e. The first-order valence-electron chi connectivity index (χ1n) is 9.03. The van der Waals surface area contributed by atoms with E-state index < -0.39 is 6.36 Å². The number of rotatable bonds is 3. The number of fused-ring (bicyclic) bond motifs is 1. The molecular weight excluding hydrogens is 417 g/mol. The molecule has 0 atom stereocenters. The Bertz CT molecular complexity index is 1110. The highest BCUT2D eigenvalue weighted by Gasteiger charge is 2.31. The van der Waals surface area contributed by atoms with Gasteiger partial charge in [0.1, 0.15) is 5.75 Å². The van der Waals surface area contributed by atoms with Gasteiger partial charge in [0.05, 0.1) is 21.8 Å². The highest BCUT2D eigenvalue weighted by Crippen LogP contribution is 2.33. The molecule has 0 radical (unpaired) electrons. The van der Waals surface area contributed by atoms with Gasteiger partial charge in [-0.25, -0.2) is 4.98 Å². The molecular formula is C20H15F3N4O2S. The molecule has 2 aromatic carbocycles. The first-order chi connectivity index (χ1) is 14.3. The summed E-state index contributed by atoms with van der Waals surface area (Å²) in [7, 11) is 0. The van der Waals surface area contributed by atoms with Crippen LogP contribution in [0.5, 0.6) is 5.75 Å². The van der Waals surface area contributed by atoms with Crippen LogP contribution in [0, 0.1) is 11.3 Å². The fourth-order valence-electron chi connectivity index (χ4n) is 3.20. The maximum absolute atomic E-state index is 12.6. The van der Waals surface area contributed by atoms with E-state index in [9.17, 15) is 18.0 Å². The number of thiazole rings is 1. The summed E-state index contributed by atoms with van der Waals surface area (Å²) in [6, 6.07) is 12.6. The minimum atomic E-state index is -4.74. The van der Waals surface area contributed by atoms with Crippen molar-refractivity contribution < 1.29 is 22.7 Å². The fourth-order valence-corrected chi connectivity index (χ4v) is 4.24. The average Bonchev–Trinajstić information content (AvgIpc) is 3.15. The molecule has 10 heteroatoms. The first-order valence-corrected chi connectivity index (χ1v) is 9.85. The Kier molecular flexibility index (Phi) is 5.22. The van der Waals surface area contributed by atoms with Crippen LogP contribution in [-0.4, -0.2) is 48.3 Å². The molecule has 6 nitrogen and oxygen atoms in total. The Morgan fingerprint density at radius 2 is 1.80 bits per heavy atom. The van der Waals surface area contributed by atoms with Crippen molar-refractivity contribution in [2.45, 2.75) is 6.36 Å². The van der Waals surface area contributed by atoms with Crippen molar-refractivity contribution >= 4 is 32.6 Å². The minimum absolute atomic E-state index is 0.0996. The predicted octanol–water partition coefficient (Wildman–Crippen LogP) is 4.03. The van der Waals surface area contributed by atoms with Crippen LogP contribution >= 0.6 is 11.3 Å². The number of piperazine rings is 1. The Morgan fingerprint density at radius 1 is 1.10 bits per heavy atom. The molecule has 1 aliphatic heterocycles. The third-order valence-corrected chi connectivity index (χ3v) is 5.76. The van der Waals surface area contributed by atoms with Crippen molar-refractivity contribution in [3.05, 3.63) is 53.6 Å². The lowest BCUT2D eigenvalue weighted by Crippen LogP contribution is -2.48. The van der Waals surface area contributed by atoms with Crippen LogP contribution in [0.25, 0.3) is 10.2 Å². The van der Waals surface area contributed by atoms with Crippen molar-refractivity contribution in [1.29, 1.82) is 5.26 Å². The van der Waals surface area contributed by atoms with Crippen molar-refractivity contribution in [3.63, 3.8) is 0 Å². The summed E-state index contributed by atoms with van der Waals surface area (Å²) in [4.78, 5) is 20.9. The molecule has 1 aliphatic rings. The van der Waals surface area contributed by atoms with Gasteiger partial charge in [-0.15, -0.1) is 13.2 Å². The van der Waals surface area contributed by atoms with Gasteiger partial charge in [0.15, 0.2) is 5.13 Å². The summed E-state index contributed by atoms with van der Waals surface area (Å²) in [5.41, 5.74) is 1.62. The molecule has 0 N–H and O–H groups in total. The Morgan fingerprint density at radius 3 is 2.43 bits per heavy atom.